The topological polar surface area (TPSA) is 106 Å². The van der Waals surface area contributed by atoms with Crippen molar-refractivity contribution in [3.63, 3.8) is 0 Å². The van der Waals surface area contributed by atoms with E-state index in [1.54, 1.807) is 18.2 Å². The van der Waals surface area contributed by atoms with Crippen molar-refractivity contribution in [1.29, 1.82) is 10.5 Å². The van der Waals surface area contributed by atoms with E-state index in [1.165, 1.54) is 7.11 Å². The third-order valence-electron chi connectivity index (χ3n) is 3.30. The summed E-state index contributed by atoms with van der Waals surface area (Å²) in [5.41, 5.74) is 7.40. The van der Waals surface area contributed by atoms with Crippen LogP contribution >= 0.6 is 0 Å². The van der Waals surface area contributed by atoms with Crippen molar-refractivity contribution in [1.82, 2.24) is 0 Å². The maximum atomic E-state index is 9.59. The molecule has 0 aliphatic rings. The van der Waals surface area contributed by atoms with Gasteiger partial charge in [0.05, 0.1) is 13.7 Å². The van der Waals surface area contributed by atoms with Gasteiger partial charge in [0.15, 0.2) is 5.56 Å². The van der Waals surface area contributed by atoms with Crippen LogP contribution in [0.25, 0.3) is 11.1 Å². The Morgan fingerprint density at radius 3 is 2.48 bits per heavy atom. The summed E-state index contributed by atoms with van der Waals surface area (Å²) in [5.74, 6) is 0.956. The average molecular weight is 309 g/mol. The number of benzene rings is 1. The molecule has 0 bridgehead atoms. The fourth-order valence-electron chi connectivity index (χ4n) is 2.28. The summed E-state index contributed by atoms with van der Waals surface area (Å²) in [6.45, 7) is 2.39. The first-order valence-corrected chi connectivity index (χ1v) is 7.13. The minimum absolute atomic E-state index is 0.151. The molecule has 2 aromatic rings. The second kappa shape index (κ2) is 7.15. The van der Waals surface area contributed by atoms with Crippen LogP contribution in [0.2, 0.25) is 0 Å². The van der Waals surface area contributed by atoms with E-state index < -0.39 is 0 Å². The number of methoxy groups -OCH3 is 1. The number of nitrogen functional groups attached to an aromatic ring is 1. The number of hydrogen-bond acceptors (Lipinski definition) is 5. The normalized spacial score (nSPS) is 9.74. The first-order chi connectivity index (χ1) is 11.2. The standard InChI is InChI=1S/C17H16N4O2/c1-3-8-23-17-13(10-19)15(12(9-18)16(20)21-17)11-6-4-5-7-14(11)22-2/h4-7H,3,8H2,1-2H3,(H2,20,21)/p+1. The zero-order valence-corrected chi connectivity index (χ0v) is 13.0. The molecular weight excluding hydrogens is 292 g/mol. The van der Waals surface area contributed by atoms with E-state index in [4.69, 9.17) is 15.2 Å². The smallest absolute Gasteiger partial charge is 0.301 e. The summed E-state index contributed by atoms with van der Waals surface area (Å²) in [6, 6.07) is 11.3. The van der Waals surface area contributed by atoms with Crippen LogP contribution < -0.4 is 20.2 Å². The number of nitrogens with zero attached hydrogens (tertiary/aromatic N) is 2. The lowest BCUT2D eigenvalue weighted by Crippen LogP contribution is -2.20. The lowest BCUT2D eigenvalue weighted by atomic mass is 9.95. The number of aromatic amines is 1. The molecule has 6 heteroatoms. The van der Waals surface area contributed by atoms with E-state index in [1.807, 2.05) is 13.0 Å². The van der Waals surface area contributed by atoms with Gasteiger partial charge >= 0.3 is 5.88 Å². The number of nitrogens with two attached hydrogens (primary N) is 1. The molecule has 0 amide bonds. The van der Waals surface area contributed by atoms with Crippen molar-refractivity contribution >= 4 is 5.82 Å². The summed E-state index contributed by atoms with van der Waals surface area (Å²) in [6.07, 6.45) is 0.780. The maximum absolute atomic E-state index is 9.59. The van der Waals surface area contributed by atoms with Gasteiger partial charge in [0.1, 0.15) is 23.5 Å². The van der Waals surface area contributed by atoms with E-state index >= 15 is 0 Å². The second-order valence-corrected chi connectivity index (χ2v) is 4.77. The Balaban J connectivity index is 2.82. The summed E-state index contributed by atoms with van der Waals surface area (Å²) >= 11 is 0. The number of ether oxygens (including phenoxy) is 2. The van der Waals surface area contributed by atoms with Gasteiger partial charge in [-0.1, -0.05) is 25.1 Å². The maximum Gasteiger partial charge on any atom is 0.301 e. The van der Waals surface area contributed by atoms with Gasteiger partial charge < -0.3 is 9.47 Å². The van der Waals surface area contributed by atoms with Gasteiger partial charge in [0.25, 0.3) is 5.82 Å². The van der Waals surface area contributed by atoms with Crippen molar-refractivity contribution in [3.05, 3.63) is 35.4 Å². The number of para-hydroxylation sites is 1. The number of pyridine rings is 1. The third kappa shape index (κ3) is 3.02. The Hall–Kier alpha value is -3.25. The van der Waals surface area contributed by atoms with Crippen molar-refractivity contribution in [2.24, 2.45) is 0 Å². The molecule has 0 atom stereocenters. The molecule has 0 aliphatic heterocycles. The molecule has 6 nitrogen and oxygen atoms in total. The quantitative estimate of drug-likeness (QED) is 0.912. The molecule has 0 radical (unpaired) electrons. The van der Waals surface area contributed by atoms with Crippen LogP contribution in [0.1, 0.15) is 24.5 Å². The fraction of sp³-hybridized carbons (Fsp3) is 0.235. The predicted octanol–water partition coefficient (Wildman–Crippen LogP) is 2.29. The van der Waals surface area contributed by atoms with Crippen LogP contribution in [0, 0.1) is 22.7 Å². The Morgan fingerprint density at radius 2 is 1.87 bits per heavy atom. The fourth-order valence-corrected chi connectivity index (χ4v) is 2.28. The lowest BCUT2D eigenvalue weighted by molar-refractivity contribution is -0.378. The molecule has 23 heavy (non-hydrogen) atoms. The van der Waals surface area contributed by atoms with Crippen LogP contribution in [-0.4, -0.2) is 13.7 Å². The van der Waals surface area contributed by atoms with Crippen LogP contribution in [-0.2, 0) is 0 Å². The molecule has 0 unspecified atom stereocenters. The Kier molecular flexibility index (Phi) is 5.01. The molecule has 1 aromatic heterocycles. The van der Waals surface area contributed by atoms with Crippen molar-refractivity contribution in [2.45, 2.75) is 13.3 Å². The molecule has 0 aliphatic carbocycles. The Labute approximate surface area is 134 Å². The number of hydrogen-bond donors (Lipinski definition) is 1. The number of nitrogens with one attached hydrogen (secondary N) is 1. The number of rotatable bonds is 5. The van der Waals surface area contributed by atoms with Gasteiger partial charge in [-0.2, -0.15) is 10.5 Å². The van der Waals surface area contributed by atoms with Gasteiger partial charge in [0.2, 0.25) is 0 Å². The summed E-state index contributed by atoms with van der Waals surface area (Å²) in [7, 11) is 1.53. The van der Waals surface area contributed by atoms with Crippen molar-refractivity contribution < 1.29 is 14.5 Å². The van der Waals surface area contributed by atoms with Gasteiger partial charge in [-0.05, 0) is 12.5 Å². The first-order valence-electron chi connectivity index (χ1n) is 7.13. The highest BCUT2D eigenvalue weighted by molar-refractivity contribution is 5.84. The highest BCUT2D eigenvalue weighted by Gasteiger charge is 2.26. The van der Waals surface area contributed by atoms with Gasteiger partial charge in [-0.25, -0.2) is 4.98 Å². The Morgan fingerprint density at radius 1 is 1.17 bits per heavy atom. The van der Waals surface area contributed by atoms with E-state index in [9.17, 15) is 10.5 Å². The number of aromatic nitrogens is 1. The van der Waals surface area contributed by atoms with Crippen LogP contribution in [0.5, 0.6) is 11.6 Å². The second-order valence-electron chi connectivity index (χ2n) is 4.77. The lowest BCUT2D eigenvalue weighted by Gasteiger charge is -2.13. The molecule has 0 fully saturated rings. The number of anilines is 1. The largest absolute Gasteiger partial charge is 0.496 e. The number of H-pyrrole nitrogens is 1. The molecular formula is C17H17N4O2+. The predicted molar refractivity (Wildman–Crippen MR) is 84.6 cm³/mol. The summed E-state index contributed by atoms with van der Waals surface area (Å²) in [5, 5.41) is 19.1. The van der Waals surface area contributed by atoms with Crippen LogP contribution in [0.15, 0.2) is 24.3 Å². The zero-order chi connectivity index (χ0) is 16.8. The third-order valence-corrected chi connectivity index (χ3v) is 3.30. The van der Waals surface area contributed by atoms with Crippen molar-refractivity contribution in [2.75, 3.05) is 19.5 Å². The van der Waals surface area contributed by atoms with E-state index in [0.29, 0.717) is 23.5 Å². The first kappa shape index (κ1) is 16.1. The van der Waals surface area contributed by atoms with Crippen molar-refractivity contribution in [3.8, 4) is 34.9 Å². The summed E-state index contributed by atoms with van der Waals surface area (Å²) in [4.78, 5) is 2.80. The molecule has 1 aromatic carbocycles. The Bertz CT molecular complexity index is 803. The monoisotopic (exact) mass is 309 g/mol. The van der Waals surface area contributed by atoms with Crippen LogP contribution in [0.4, 0.5) is 5.82 Å². The SMILES string of the molecule is CCCOc1[nH+]c(N)c(C#N)c(-c2ccccc2OC)c1C#N. The molecule has 2 rings (SSSR count). The highest BCUT2D eigenvalue weighted by Crippen LogP contribution is 2.37. The minimum atomic E-state index is 0.151. The highest BCUT2D eigenvalue weighted by atomic mass is 16.5. The van der Waals surface area contributed by atoms with Crippen LogP contribution in [0.3, 0.4) is 0 Å². The van der Waals surface area contributed by atoms with Gasteiger partial charge in [-0.3, -0.25) is 5.73 Å². The molecule has 0 spiro atoms. The minimum Gasteiger partial charge on any atom is -0.496 e. The zero-order valence-electron chi connectivity index (χ0n) is 13.0. The molecule has 0 saturated carbocycles. The van der Waals surface area contributed by atoms with E-state index in [0.717, 1.165) is 6.42 Å². The van der Waals surface area contributed by atoms with Gasteiger partial charge in [-0.15, -0.1) is 0 Å². The summed E-state index contributed by atoms with van der Waals surface area (Å²) < 4.78 is 10.9. The molecule has 0 saturated heterocycles. The molecule has 3 N–H and O–H groups in total. The average Bonchev–Trinajstić information content (AvgIpc) is 2.59. The van der Waals surface area contributed by atoms with E-state index in [-0.39, 0.29) is 22.8 Å². The van der Waals surface area contributed by atoms with Gasteiger partial charge in [0, 0.05) is 11.1 Å². The van der Waals surface area contributed by atoms with E-state index in [2.05, 4.69) is 17.1 Å². The number of nitriles is 2. The molecule has 116 valence electrons. The molecule has 1 heterocycles.